The maximum absolute atomic E-state index is 11.9. The summed E-state index contributed by atoms with van der Waals surface area (Å²) in [5, 5.41) is 52.9. The number of hydrogen-bond acceptors (Lipinski definition) is 10. The van der Waals surface area contributed by atoms with Crippen molar-refractivity contribution in [3.05, 3.63) is 35.5 Å². The summed E-state index contributed by atoms with van der Waals surface area (Å²) in [6.45, 7) is -0.785. The number of hydrogen-bond donors (Lipinski definition) is 7. The van der Waals surface area contributed by atoms with Crippen LogP contribution in [-0.4, -0.2) is 81.7 Å². The number of amides is 1. The van der Waals surface area contributed by atoms with Crippen LogP contribution >= 0.6 is 0 Å². The number of nitrogens with one attached hydrogen (secondary N) is 2. The molecule has 1 amide bonds. The van der Waals surface area contributed by atoms with Crippen LogP contribution in [0.25, 0.3) is 6.08 Å². The Morgan fingerprint density at radius 1 is 1.21 bits per heavy atom. The lowest BCUT2D eigenvalue weighted by Gasteiger charge is -2.23. The monoisotopic (exact) mass is 394 g/mol. The maximum atomic E-state index is 11.9. The zero-order valence-electron chi connectivity index (χ0n) is 14.9. The number of methoxy groups -OCH3 is 1. The highest BCUT2D eigenvalue weighted by molar-refractivity contribution is 6.13. The van der Waals surface area contributed by atoms with Crippen molar-refractivity contribution >= 4 is 24.2 Å². The topological polar surface area (TPSA) is 176 Å². The lowest BCUT2D eigenvalue weighted by atomic mass is 10.0. The zero-order chi connectivity index (χ0) is 20.7. The van der Waals surface area contributed by atoms with Gasteiger partial charge in [0.2, 0.25) is 5.96 Å². The predicted molar refractivity (Wildman–Crippen MR) is 99.3 cm³/mol. The van der Waals surface area contributed by atoms with Crippen LogP contribution in [-0.2, 0) is 4.79 Å². The number of ether oxygens (including phenoxy) is 1. The Morgan fingerprint density at radius 2 is 1.89 bits per heavy atom. The van der Waals surface area contributed by atoms with Gasteiger partial charge in [0, 0.05) is 0 Å². The fraction of sp³-hybridized carbons (Fsp3) is 0.353. The Labute approximate surface area is 160 Å². The number of nitrogens with zero attached hydrogens (tertiary/aromatic N) is 2. The van der Waals surface area contributed by atoms with Crippen molar-refractivity contribution in [2.45, 2.75) is 24.4 Å². The van der Waals surface area contributed by atoms with E-state index < -0.39 is 36.9 Å². The van der Waals surface area contributed by atoms with E-state index in [-0.39, 0.29) is 11.7 Å². The highest BCUT2D eigenvalue weighted by Crippen LogP contribution is 2.15. The molecule has 4 unspecified atom stereocenters. The molecular formula is C17H22N4O7. The second-order valence-electron chi connectivity index (χ2n) is 5.83. The van der Waals surface area contributed by atoms with E-state index in [1.54, 1.807) is 37.5 Å². The molecule has 0 aromatic heterocycles. The van der Waals surface area contributed by atoms with Crippen LogP contribution in [0, 0.1) is 0 Å². The van der Waals surface area contributed by atoms with Gasteiger partial charge in [-0.3, -0.25) is 10.1 Å². The third-order valence-corrected chi connectivity index (χ3v) is 3.79. The van der Waals surface area contributed by atoms with E-state index in [2.05, 4.69) is 20.8 Å². The molecule has 4 atom stereocenters. The van der Waals surface area contributed by atoms with Crippen LogP contribution in [0.5, 0.6) is 5.75 Å². The lowest BCUT2D eigenvalue weighted by Crippen LogP contribution is -2.46. The molecule has 1 aromatic rings. The third-order valence-electron chi connectivity index (χ3n) is 3.79. The number of benzene rings is 1. The average Bonchev–Trinajstić information content (AvgIpc) is 3.05. The van der Waals surface area contributed by atoms with E-state index in [1.807, 2.05) is 0 Å². The number of aliphatic hydroxyl groups is 5. The molecule has 1 aliphatic rings. The summed E-state index contributed by atoms with van der Waals surface area (Å²) in [7, 11) is 1.55. The first-order valence-electron chi connectivity index (χ1n) is 8.23. The van der Waals surface area contributed by atoms with E-state index in [0.29, 0.717) is 5.75 Å². The normalized spacial score (nSPS) is 19.9. The summed E-state index contributed by atoms with van der Waals surface area (Å²) in [6.07, 6.45) is -4.41. The van der Waals surface area contributed by atoms with Crippen LogP contribution in [0.2, 0.25) is 0 Å². The Kier molecular flexibility index (Phi) is 7.61. The highest BCUT2D eigenvalue weighted by atomic mass is 16.5. The second-order valence-corrected chi connectivity index (χ2v) is 5.83. The van der Waals surface area contributed by atoms with Crippen LogP contribution in [0.3, 0.4) is 0 Å². The molecule has 0 saturated carbocycles. The zero-order valence-corrected chi connectivity index (χ0v) is 14.9. The van der Waals surface area contributed by atoms with E-state index in [4.69, 9.17) is 9.84 Å². The summed E-state index contributed by atoms with van der Waals surface area (Å²) in [4.78, 5) is 15.9. The van der Waals surface area contributed by atoms with Crippen molar-refractivity contribution < 1.29 is 35.1 Å². The first-order valence-corrected chi connectivity index (χ1v) is 8.23. The van der Waals surface area contributed by atoms with Crippen molar-refractivity contribution in [1.29, 1.82) is 0 Å². The van der Waals surface area contributed by atoms with Crippen LogP contribution in [0.1, 0.15) is 5.56 Å². The standard InChI is InChI=1S/C17H22N4O7/c1-28-10-4-2-9(3-5-10)6-11-16(27)20-17(19-11)21-18-7-12(23)14(25)15(26)13(24)8-22/h2-7,12-15,22-26H,8H2,1H3,(H2,19,20,21,27)/b11-6-,18-7+. The molecule has 0 radical (unpaired) electrons. The van der Waals surface area contributed by atoms with Gasteiger partial charge in [0.1, 0.15) is 35.9 Å². The minimum atomic E-state index is -1.78. The Hall–Kier alpha value is -2.83. The predicted octanol–water partition coefficient (Wildman–Crippen LogP) is -2.47. The number of carbonyl (C=O) groups is 1. The molecule has 11 nitrogen and oxygen atoms in total. The summed E-state index contributed by atoms with van der Waals surface area (Å²) in [5.41, 5.74) is 3.24. The maximum Gasteiger partial charge on any atom is 0.276 e. The summed E-state index contributed by atoms with van der Waals surface area (Å²) in [5.74, 6) is 0.213. The van der Waals surface area contributed by atoms with Crippen LogP contribution < -0.4 is 15.5 Å². The minimum Gasteiger partial charge on any atom is -0.497 e. The number of guanidine groups is 1. The molecule has 152 valence electrons. The number of aliphatic hydroxyl groups excluding tert-OH is 5. The quantitative estimate of drug-likeness (QED) is 0.144. The van der Waals surface area contributed by atoms with Gasteiger partial charge in [-0.05, 0) is 23.8 Å². The molecule has 0 bridgehead atoms. The Bertz CT molecular complexity index is 763. The molecule has 0 fully saturated rings. The van der Waals surface area contributed by atoms with Gasteiger partial charge in [0.15, 0.2) is 0 Å². The van der Waals surface area contributed by atoms with Crippen molar-refractivity contribution in [3.8, 4) is 5.75 Å². The lowest BCUT2D eigenvalue weighted by molar-refractivity contribution is -0.115. The molecule has 0 saturated heterocycles. The first-order chi connectivity index (χ1) is 13.3. The van der Waals surface area contributed by atoms with Gasteiger partial charge in [-0.2, -0.15) is 5.10 Å². The molecule has 2 rings (SSSR count). The molecule has 28 heavy (non-hydrogen) atoms. The fourth-order valence-corrected chi connectivity index (χ4v) is 2.18. The van der Waals surface area contributed by atoms with E-state index >= 15 is 0 Å². The van der Waals surface area contributed by atoms with Gasteiger partial charge < -0.3 is 30.3 Å². The van der Waals surface area contributed by atoms with Gasteiger partial charge in [0.05, 0.1) is 19.9 Å². The average molecular weight is 394 g/mol. The summed E-state index contributed by atoms with van der Waals surface area (Å²) in [6, 6.07) is 6.98. The van der Waals surface area contributed by atoms with Gasteiger partial charge in [-0.25, -0.2) is 10.4 Å². The molecule has 1 heterocycles. The van der Waals surface area contributed by atoms with Crippen LogP contribution in [0.4, 0.5) is 0 Å². The number of rotatable bonds is 8. The third kappa shape index (κ3) is 5.58. The molecule has 11 heteroatoms. The van der Waals surface area contributed by atoms with Crippen molar-refractivity contribution in [3.63, 3.8) is 0 Å². The minimum absolute atomic E-state index is 0.00126. The van der Waals surface area contributed by atoms with E-state index in [0.717, 1.165) is 11.8 Å². The van der Waals surface area contributed by atoms with E-state index in [9.17, 15) is 25.2 Å². The van der Waals surface area contributed by atoms with Crippen molar-refractivity contribution in [2.24, 2.45) is 10.1 Å². The van der Waals surface area contributed by atoms with Gasteiger partial charge in [0.25, 0.3) is 5.91 Å². The van der Waals surface area contributed by atoms with Crippen molar-refractivity contribution in [2.75, 3.05) is 13.7 Å². The van der Waals surface area contributed by atoms with Gasteiger partial charge >= 0.3 is 0 Å². The number of hydrazone groups is 1. The molecule has 1 aliphatic heterocycles. The summed E-state index contributed by atoms with van der Waals surface area (Å²) < 4.78 is 5.06. The van der Waals surface area contributed by atoms with Gasteiger partial charge in [-0.15, -0.1) is 0 Å². The van der Waals surface area contributed by atoms with Crippen molar-refractivity contribution in [1.82, 2.24) is 10.7 Å². The number of carbonyl (C=O) groups excluding carboxylic acids is 1. The molecule has 7 N–H and O–H groups in total. The molecular weight excluding hydrogens is 372 g/mol. The first kappa shape index (κ1) is 21.5. The smallest absolute Gasteiger partial charge is 0.276 e. The Morgan fingerprint density at radius 3 is 2.50 bits per heavy atom. The summed E-state index contributed by atoms with van der Waals surface area (Å²) >= 11 is 0. The Balaban J connectivity index is 1.97. The molecule has 1 aromatic carbocycles. The molecule has 0 aliphatic carbocycles. The number of aliphatic imine (C=N–C) groups is 1. The second kappa shape index (κ2) is 9.92. The van der Waals surface area contributed by atoms with Gasteiger partial charge in [-0.1, -0.05) is 12.1 Å². The molecule has 0 spiro atoms. The highest BCUT2D eigenvalue weighted by Gasteiger charge is 2.29. The fourth-order valence-electron chi connectivity index (χ4n) is 2.18. The largest absolute Gasteiger partial charge is 0.497 e. The van der Waals surface area contributed by atoms with E-state index in [1.165, 1.54) is 0 Å². The SMILES string of the molecule is COc1ccc(/C=C2\N=C(N/N=C/C(O)C(O)C(O)C(O)CO)NC2=O)cc1. The van der Waals surface area contributed by atoms with Crippen LogP contribution in [0.15, 0.2) is 40.1 Å².